The molecule has 0 unspecified atom stereocenters. The lowest BCUT2D eigenvalue weighted by molar-refractivity contribution is 0.595. The van der Waals surface area contributed by atoms with Gasteiger partial charge >= 0.3 is 0 Å². The Morgan fingerprint density at radius 1 is 1.75 bits per heavy atom. The quantitative estimate of drug-likeness (QED) is 0.666. The zero-order chi connectivity index (χ0) is 8.97. The molecule has 0 aliphatic carbocycles. The van der Waals surface area contributed by atoms with Crippen molar-refractivity contribution in [3.05, 3.63) is 28.7 Å². The molecule has 0 bridgehead atoms. The van der Waals surface area contributed by atoms with E-state index in [1.165, 1.54) is 10.7 Å². The Morgan fingerprint density at radius 3 is 3.08 bits per heavy atom. The maximum absolute atomic E-state index is 11.0. The van der Waals surface area contributed by atoms with Gasteiger partial charge in [0.15, 0.2) is 0 Å². The first kappa shape index (κ1) is 8.86. The van der Waals surface area contributed by atoms with Crippen molar-refractivity contribution in [2.75, 3.05) is 0 Å². The molecule has 0 spiro atoms. The van der Waals surface area contributed by atoms with Gasteiger partial charge in [0.05, 0.1) is 11.5 Å². The van der Waals surface area contributed by atoms with E-state index in [1.54, 1.807) is 12.3 Å². The number of hydrogen-bond acceptors (Lipinski definition) is 3. The highest BCUT2D eigenvalue weighted by Crippen LogP contribution is 1.83. The van der Waals surface area contributed by atoms with Gasteiger partial charge in [0, 0.05) is 18.7 Å². The van der Waals surface area contributed by atoms with E-state index in [4.69, 9.17) is 5.73 Å². The molecule has 0 saturated carbocycles. The maximum atomic E-state index is 11.0. The third kappa shape index (κ3) is 2.43. The van der Waals surface area contributed by atoms with Gasteiger partial charge in [-0.3, -0.25) is 4.79 Å². The van der Waals surface area contributed by atoms with Crippen LogP contribution >= 0.6 is 12.2 Å². The van der Waals surface area contributed by atoms with Crippen LogP contribution in [0.25, 0.3) is 0 Å². The molecule has 0 atom stereocenters. The van der Waals surface area contributed by atoms with Gasteiger partial charge in [0.25, 0.3) is 5.56 Å². The Kier molecular flexibility index (Phi) is 2.93. The van der Waals surface area contributed by atoms with Gasteiger partial charge in [0.2, 0.25) is 0 Å². The van der Waals surface area contributed by atoms with Crippen LogP contribution in [0.1, 0.15) is 6.42 Å². The van der Waals surface area contributed by atoms with Crippen molar-refractivity contribution < 1.29 is 0 Å². The molecule has 12 heavy (non-hydrogen) atoms. The second kappa shape index (κ2) is 3.96. The number of thiocarbonyl (C=S) groups is 1. The third-order valence-electron chi connectivity index (χ3n) is 1.36. The second-order valence-electron chi connectivity index (χ2n) is 2.30. The molecular weight excluding hydrogens is 174 g/mol. The summed E-state index contributed by atoms with van der Waals surface area (Å²) in [5.74, 6) is 0. The fourth-order valence-electron chi connectivity index (χ4n) is 0.771. The van der Waals surface area contributed by atoms with Crippen molar-refractivity contribution in [2.24, 2.45) is 5.73 Å². The van der Waals surface area contributed by atoms with E-state index in [1.807, 2.05) is 0 Å². The molecule has 1 rings (SSSR count). The molecule has 0 aromatic carbocycles. The van der Waals surface area contributed by atoms with Gasteiger partial charge in [-0.15, -0.1) is 0 Å². The number of hydrogen-bond donors (Lipinski definition) is 1. The van der Waals surface area contributed by atoms with Crippen molar-refractivity contribution in [1.82, 2.24) is 9.78 Å². The Hall–Kier alpha value is -1.23. The molecule has 1 heterocycles. The highest BCUT2D eigenvalue weighted by atomic mass is 32.1. The molecule has 0 fully saturated rings. The van der Waals surface area contributed by atoms with E-state index >= 15 is 0 Å². The van der Waals surface area contributed by atoms with Gasteiger partial charge in [-0.05, 0) is 6.07 Å². The summed E-state index contributed by atoms with van der Waals surface area (Å²) in [5.41, 5.74) is 5.15. The van der Waals surface area contributed by atoms with Gasteiger partial charge in [0.1, 0.15) is 0 Å². The lowest BCUT2D eigenvalue weighted by Crippen LogP contribution is -2.23. The van der Waals surface area contributed by atoms with Crippen molar-refractivity contribution in [3.8, 4) is 0 Å². The Labute approximate surface area is 75.0 Å². The zero-order valence-corrected chi connectivity index (χ0v) is 7.25. The topological polar surface area (TPSA) is 60.9 Å². The summed E-state index contributed by atoms with van der Waals surface area (Å²) in [7, 11) is 0. The average molecular weight is 183 g/mol. The predicted octanol–water partition coefficient (Wildman–Crippen LogP) is -0.0805. The summed E-state index contributed by atoms with van der Waals surface area (Å²) in [6.45, 7) is 0.453. The van der Waals surface area contributed by atoms with Gasteiger partial charge in [-0.2, -0.15) is 5.10 Å². The largest absolute Gasteiger partial charge is 0.393 e. The van der Waals surface area contributed by atoms with Crippen LogP contribution in [0.2, 0.25) is 0 Å². The van der Waals surface area contributed by atoms with Gasteiger partial charge in [-0.25, -0.2) is 4.68 Å². The maximum Gasteiger partial charge on any atom is 0.266 e. The molecule has 1 aromatic rings. The molecule has 0 amide bonds. The van der Waals surface area contributed by atoms with Crippen LogP contribution in [0.3, 0.4) is 0 Å². The molecule has 64 valence electrons. The van der Waals surface area contributed by atoms with Crippen LogP contribution in [0.5, 0.6) is 0 Å². The first-order chi connectivity index (χ1) is 5.70. The van der Waals surface area contributed by atoms with E-state index in [-0.39, 0.29) is 5.56 Å². The molecule has 1 aromatic heterocycles. The first-order valence-corrected chi connectivity index (χ1v) is 3.91. The van der Waals surface area contributed by atoms with E-state index in [9.17, 15) is 4.79 Å². The summed E-state index contributed by atoms with van der Waals surface area (Å²) < 4.78 is 1.33. The van der Waals surface area contributed by atoms with Crippen molar-refractivity contribution in [1.29, 1.82) is 0 Å². The molecule has 2 N–H and O–H groups in total. The summed E-state index contributed by atoms with van der Waals surface area (Å²) >= 11 is 4.67. The Balaban J connectivity index is 2.70. The SMILES string of the molecule is NC(=S)CCn1ncccc1=O. The minimum absolute atomic E-state index is 0.131. The molecule has 0 saturated heterocycles. The Bertz CT molecular complexity index is 333. The summed E-state index contributed by atoms with van der Waals surface area (Å²) in [5, 5.41) is 3.84. The molecule has 5 heteroatoms. The normalized spacial score (nSPS) is 9.67. The average Bonchev–Trinajstić information content (AvgIpc) is 2.03. The fraction of sp³-hybridized carbons (Fsp3) is 0.286. The lowest BCUT2D eigenvalue weighted by Gasteiger charge is -2.00. The number of nitrogens with zero attached hydrogens (tertiary/aromatic N) is 2. The van der Waals surface area contributed by atoms with Gasteiger partial charge < -0.3 is 5.73 Å². The fourth-order valence-corrected chi connectivity index (χ4v) is 0.863. The summed E-state index contributed by atoms with van der Waals surface area (Å²) in [4.78, 5) is 11.4. The van der Waals surface area contributed by atoms with E-state index < -0.39 is 0 Å². The van der Waals surface area contributed by atoms with Crippen molar-refractivity contribution >= 4 is 17.2 Å². The minimum atomic E-state index is -0.131. The number of aryl methyl sites for hydroxylation is 1. The predicted molar refractivity (Wildman–Crippen MR) is 49.9 cm³/mol. The van der Waals surface area contributed by atoms with Gasteiger partial charge in [-0.1, -0.05) is 12.2 Å². The van der Waals surface area contributed by atoms with E-state index in [2.05, 4.69) is 17.3 Å². The number of aromatic nitrogens is 2. The van der Waals surface area contributed by atoms with E-state index in [0.29, 0.717) is 18.0 Å². The summed E-state index contributed by atoms with van der Waals surface area (Å²) in [6, 6.07) is 3.05. The molecular formula is C7H9N3OS. The first-order valence-electron chi connectivity index (χ1n) is 3.50. The van der Waals surface area contributed by atoms with Crippen LogP contribution in [0.4, 0.5) is 0 Å². The van der Waals surface area contributed by atoms with Crippen LogP contribution in [0, 0.1) is 0 Å². The van der Waals surface area contributed by atoms with Crippen molar-refractivity contribution in [2.45, 2.75) is 13.0 Å². The molecule has 4 nitrogen and oxygen atoms in total. The van der Waals surface area contributed by atoms with Crippen LogP contribution in [-0.4, -0.2) is 14.8 Å². The molecule has 0 aliphatic heterocycles. The van der Waals surface area contributed by atoms with E-state index in [0.717, 1.165) is 0 Å². The smallest absolute Gasteiger partial charge is 0.266 e. The van der Waals surface area contributed by atoms with Crippen LogP contribution in [0.15, 0.2) is 23.1 Å². The Morgan fingerprint density at radius 2 is 2.50 bits per heavy atom. The van der Waals surface area contributed by atoms with Crippen molar-refractivity contribution in [3.63, 3.8) is 0 Å². The number of rotatable bonds is 3. The monoisotopic (exact) mass is 183 g/mol. The second-order valence-corrected chi connectivity index (χ2v) is 2.83. The number of nitrogens with two attached hydrogens (primary N) is 1. The zero-order valence-electron chi connectivity index (χ0n) is 6.43. The molecule has 0 radical (unpaired) electrons. The van der Waals surface area contributed by atoms with Crippen LogP contribution in [-0.2, 0) is 6.54 Å². The molecule has 0 aliphatic rings. The standard InChI is InChI=1S/C7H9N3OS/c8-6(12)3-5-10-7(11)2-1-4-9-10/h1-2,4H,3,5H2,(H2,8,12). The highest BCUT2D eigenvalue weighted by molar-refractivity contribution is 7.80. The lowest BCUT2D eigenvalue weighted by atomic mass is 10.4. The highest BCUT2D eigenvalue weighted by Gasteiger charge is 1.95. The summed E-state index contributed by atoms with van der Waals surface area (Å²) in [6.07, 6.45) is 2.06. The third-order valence-corrected chi connectivity index (χ3v) is 1.56. The minimum Gasteiger partial charge on any atom is -0.393 e. The van der Waals surface area contributed by atoms with Crippen LogP contribution < -0.4 is 11.3 Å².